The molecule has 0 aromatic carbocycles. The summed E-state index contributed by atoms with van der Waals surface area (Å²) in [7, 11) is 1.36. The largest absolute Gasteiger partial charge is 0.456 e. The summed E-state index contributed by atoms with van der Waals surface area (Å²) < 4.78 is 26.3. The van der Waals surface area contributed by atoms with Crippen LogP contribution < -0.4 is 0 Å². The smallest absolute Gasteiger partial charge is 0.303 e. The zero-order chi connectivity index (χ0) is 16.9. The van der Waals surface area contributed by atoms with Crippen molar-refractivity contribution in [3.8, 4) is 0 Å². The van der Waals surface area contributed by atoms with E-state index in [2.05, 4.69) is 15.9 Å². The fourth-order valence-electron chi connectivity index (χ4n) is 2.17. The predicted octanol–water partition coefficient (Wildman–Crippen LogP) is 0.548. The van der Waals surface area contributed by atoms with Crippen LogP contribution in [-0.4, -0.2) is 61.1 Å². The summed E-state index contributed by atoms with van der Waals surface area (Å²) in [5.74, 6) is -1.79. The Morgan fingerprint density at radius 1 is 0.909 bits per heavy atom. The lowest BCUT2D eigenvalue weighted by Crippen LogP contribution is -2.62. The quantitative estimate of drug-likeness (QED) is 0.386. The third-order valence-corrected chi connectivity index (χ3v) is 3.52. The minimum absolute atomic E-state index is 0.301. The first kappa shape index (κ1) is 18.9. The highest BCUT2D eigenvalue weighted by Crippen LogP contribution is 2.29. The van der Waals surface area contributed by atoms with Crippen molar-refractivity contribution in [3.05, 3.63) is 0 Å². The minimum atomic E-state index is -1.05. The van der Waals surface area contributed by atoms with E-state index in [0.29, 0.717) is 5.33 Å². The summed E-state index contributed by atoms with van der Waals surface area (Å²) in [4.78, 5) is 34.0. The molecule has 0 amide bonds. The summed E-state index contributed by atoms with van der Waals surface area (Å²) in [6.07, 6.45) is -4.61. The van der Waals surface area contributed by atoms with Gasteiger partial charge in [-0.3, -0.25) is 14.4 Å². The number of esters is 3. The highest BCUT2D eigenvalue weighted by Gasteiger charge is 2.51. The van der Waals surface area contributed by atoms with Crippen molar-refractivity contribution in [1.82, 2.24) is 0 Å². The van der Waals surface area contributed by atoms with E-state index >= 15 is 0 Å². The molecule has 5 atom stereocenters. The molecule has 0 aliphatic carbocycles. The Morgan fingerprint density at radius 3 is 1.77 bits per heavy atom. The van der Waals surface area contributed by atoms with Gasteiger partial charge < -0.3 is 23.7 Å². The highest BCUT2D eigenvalue weighted by molar-refractivity contribution is 9.09. The predicted molar refractivity (Wildman–Crippen MR) is 76.1 cm³/mol. The van der Waals surface area contributed by atoms with Gasteiger partial charge in [0.05, 0.1) is 0 Å². The second kappa shape index (κ2) is 8.44. The fourth-order valence-corrected chi connectivity index (χ4v) is 2.69. The van der Waals surface area contributed by atoms with Gasteiger partial charge in [0.15, 0.2) is 24.6 Å². The van der Waals surface area contributed by atoms with E-state index in [9.17, 15) is 14.4 Å². The van der Waals surface area contributed by atoms with Crippen LogP contribution in [0, 0.1) is 0 Å². The molecule has 0 N–H and O–H groups in total. The maximum atomic E-state index is 11.4. The Balaban J connectivity index is 3.14. The standard InChI is InChI=1S/C13H19BrO8/c1-6(15)19-10-9(5-14)22-13(18-4)12(21-8(3)17)11(10)20-7(2)16/h9-13H,5H2,1-4H3/t9-,10-,11+,12+,13+/m1/s1. The molecule has 0 spiro atoms. The molecule has 1 aliphatic heterocycles. The summed E-state index contributed by atoms with van der Waals surface area (Å²) in [6.45, 7) is 3.63. The van der Waals surface area contributed by atoms with Crippen molar-refractivity contribution in [1.29, 1.82) is 0 Å². The van der Waals surface area contributed by atoms with Crippen LogP contribution in [0.4, 0.5) is 0 Å². The molecule has 0 aromatic heterocycles. The van der Waals surface area contributed by atoms with Crippen LogP contribution in [-0.2, 0) is 38.1 Å². The minimum Gasteiger partial charge on any atom is -0.456 e. The topological polar surface area (TPSA) is 97.4 Å². The molecule has 0 saturated carbocycles. The lowest BCUT2D eigenvalue weighted by atomic mass is 9.99. The van der Waals surface area contributed by atoms with Crippen molar-refractivity contribution in [2.24, 2.45) is 0 Å². The first-order valence-electron chi connectivity index (χ1n) is 6.56. The molecule has 8 nitrogen and oxygen atoms in total. The lowest BCUT2D eigenvalue weighted by Gasteiger charge is -2.43. The van der Waals surface area contributed by atoms with Gasteiger partial charge in [-0.25, -0.2) is 0 Å². The second-order valence-corrected chi connectivity index (χ2v) is 5.30. The van der Waals surface area contributed by atoms with Crippen LogP contribution in [0.1, 0.15) is 20.8 Å². The van der Waals surface area contributed by atoms with Crippen molar-refractivity contribution in [2.45, 2.75) is 51.5 Å². The zero-order valence-electron chi connectivity index (χ0n) is 12.7. The SMILES string of the molecule is CO[C@H]1O[C@H](CBr)[C@@H](OC(C)=O)[C@H](OC(C)=O)[C@@H]1OC(C)=O. The first-order valence-corrected chi connectivity index (χ1v) is 7.68. The normalized spacial score (nSPS) is 31.2. The second-order valence-electron chi connectivity index (χ2n) is 4.66. The number of ether oxygens (including phenoxy) is 5. The van der Waals surface area contributed by atoms with Gasteiger partial charge in [-0.1, -0.05) is 15.9 Å². The number of carbonyl (C=O) groups is 3. The average molecular weight is 383 g/mol. The van der Waals surface area contributed by atoms with Crippen LogP contribution in [0.25, 0.3) is 0 Å². The van der Waals surface area contributed by atoms with E-state index in [1.807, 2.05) is 0 Å². The lowest BCUT2D eigenvalue weighted by molar-refractivity contribution is -0.293. The molecule has 1 heterocycles. The molecular weight excluding hydrogens is 364 g/mol. The summed E-state index contributed by atoms with van der Waals surface area (Å²) >= 11 is 3.24. The molecule has 1 rings (SSSR count). The van der Waals surface area contributed by atoms with Crippen LogP contribution in [0.15, 0.2) is 0 Å². The van der Waals surface area contributed by atoms with Crippen molar-refractivity contribution in [2.75, 3.05) is 12.4 Å². The number of rotatable bonds is 5. The van der Waals surface area contributed by atoms with Crippen molar-refractivity contribution < 1.29 is 38.1 Å². The maximum absolute atomic E-state index is 11.4. The van der Waals surface area contributed by atoms with Gasteiger partial charge in [0.2, 0.25) is 0 Å². The Hall–Kier alpha value is -1.19. The van der Waals surface area contributed by atoms with Gasteiger partial charge in [0, 0.05) is 33.2 Å². The third-order valence-electron chi connectivity index (χ3n) is 2.88. The van der Waals surface area contributed by atoms with Crippen molar-refractivity contribution >= 4 is 33.8 Å². The summed E-state index contributed by atoms with van der Waals surface area (Å²) in [5.41, 5.74) is 0. The molecule has 1 saturated heterocycles. The van der Waals surface area contributed by atoms with Gasteiger partial charge in [0.25, 0.3) is 0 Å². The van der Waals surface area contributed by atoms with E-state index in [-0.39, 0.29) is 0 Å². The monoisotopic (exact) mass is 382 g/mol. The molecule has 1 fully saturated rings. The maximum Gasteiger partial charge on any atom is 0.303 e. The number of methoxy groups -OCH3 is 1. The number of hydrogen-bond donors (Lipinski definition) is 0. The zero-order valence-corrected chi connectivity index (χ0v) is 14.3. The van der Waals surface area contributed by atoms with Gasteiger partial charge in [0.1, 0.15) is 6.10 Å². The summed E-state index contributed by atoms with van der Waals surface area (Å²) in [5, 5.41) is 0.301. The number of halogens is 1. The Bertz CT molecular complexity index is 396. The highest BCUT2D eigenvalue weighted by atomic mass is 79.9. The van der Waals surface area contributed by atoms with E-state index in [4.69, 9.17) is 23.7 Å². The van der Waals surface area contributed by atoms with E-state index in [1.165, 1.54) is 27.9 Å². The number of alkyl halides is 1. The summed E-state index contributed by atoms with van der Waals surface area (Å²) in [6, 6.07) is 0. The third kappa shape index (κ3) is 4.92. The van der Waals surface area contributed by atoms with Gasteiger partial charge >= 0.3 is 17.9 Å². The van der Waals surface area contributed by atoms with Gasteiger partial charge in [-0.05, 0) is 0 Å². The molecule has 0 aromatic rings. The van der Waals surface area contributed by atoms with Crippen LogP contribution in [0.5, 0.6) is 0 Å². The molecule has 1 aliphatic rings. The molecule has 0 radical (unpaired) electrons. The Morgan fingerprint density at radius 2 is 1.36 bits per heavy atom. The first-order chi connectivity index (χ1) is 10.3. The molecule has 126 valence electrons. The fraction of sp³-hybridized carbons (Fsp3) is 0.769. The molecule has 0 unspecified atom stereocenters. The van der Waals surface area contributed by atoms with Crippen molar-refractivity contribution in [3.63, 3.8) is 0 Å². The Labute approximate surface area is 136 Å². The number of hydrogen-bond acceptors (Lipinski definition) is 8. The number of carbonyl (C=O) groups excluding carboxylic acids is 3. The molecule has 9 heteroatoms. The molecule has 22 heavy (non-hydrogen) atoms. The van der Waals surface area contributed by atoms with E-state index in [0.717, 1.165) is 0 Å². The Kier molecular flexibility index (Phi) is 7.24. The van der Waals surface area contributed by atoms with Crippen LogP contribution in [0.2, 0.25) is 0 Å². The average Bonchev–Trinajstić information content (AvgIpc) is 2.41. The molecular formula is C13H19BrO8. The van der Waals surface area contributed by atoms with E-state index in [1.54, 1.807) is 0 Å². The van der Waals surface area contributed by atoms with Crippen LogP contribution >= 0.6 is 15.9 Å². The van der Waals surface area contributed by atoms with Crippen LogP contribution in [0.3, 0.4) is 0 Å². The molecule has 0 bridgehead atoms. The van der Waals surface area contributed by atoms with Gasteiger partial charge in [-0.15, -0.1) is 0 Å². The van der Waals surface area contributed by atoms with E-state index < -0.39 is 48.6 Å². The van der Waals surface area contributed by atoms with Gasteiger partial charge in [-0.2, -0.15) is 0 Å².